The number of carbonyl (C=O) groups excluding carboxylic acids is 1. The Kier molecular flexibility index (Phi) is 4.90. The van der Waals surface area contributed by atoms with Gasteiger partial charge in [0.15, 0.2) is 9.84 Å². The van der Waals surface area contributed by atoms with Crippen molar-refractivity contribution in [3.8, 4) is 11.4 Å². The molecule has 0 aliphatic heterocycles. The Labute approximate surface area is 152 Å². The van der Waals surface area contributed by atoms with Gasteiger partial charge >= 0.3 is 0 Å². The summed E-state index contributed by atoms with van der Waals surface area (Å²) >= 11 is 0. The fraction of sp³-hybridized carbons (Fsp3) is 0.158. The van der Waals surface area contributed by atoms with Crippen LogP contribution in [-0.2, 0) is 22.6 Å². The topological polar surface area (TPSA) is 81.1 Å². The third-order valence-corrected chi connectivity index (χ3v) is 4.70. The van der Waals surface area contributed by atoms with E-state index >= 15 is 0 Å². The van der Waals surface area contributed by atoms with E-state index in [0.29, 0.717) is 16.8 Å². The van der Waals surface area contributed by atoms with Gasteiger partial charge in [-0.2, -0.15) is 0 Å². The molecule has 6 nitrogen and oxygen atoms in total. The minimum Gasteiger partial charge on any atom is -0.334 e. The van der Waals surface area contributed by atoms with Gasteiger partial charge in [-0.3, -0.25) is 4.79 Å². The normalized spacial score (nSPS) is 11.3. The smallest absolute Gasteiger partial charge is 0.255 e. The monoisotopic (exact) mass is 369 g/mol. The molecule has 0 radical (unpaired) electrons. The van der Waals surface area contributed by atoms with Crippen molar-refractivity contribution in [1.29, 1.82) is 0 Å². The largest absolute Gasteiger partial charge is 0.334 e. The lowest BCUT2D eigenvalue weighted by molar-refractivity contribution is 0.102. The van der Waals surface area contributed by atoms with Gasteiger partial charge in [0.05, 0.1) is 5.75 Å². The van der Waals surface area contributed by atoms with Crippen LogP contribution in [0.15, 0.2) is 60.9 Å². The number of sulfone groups is 1. The van der Waals surface area contributed by atoms with Gasteiger partial charge in [-0.05, 0) is 29.8 Å². The van der Waals surface area contributed by atoms with E-state index in [0.717, 1.165) is 11.4 Å². The van der Waals surface area contributed by atoms with Crippen LogP contribution in [0.3, 0.4) is 0 Å². The van der Waals surface area contributed by atoms with E-state index < -0.39 is 9.84 Å². The van der Waals surface area contributed by atoms with Crippen molar-refractivity contribution < 1.29 is 13.2 Å². The first kappa shape index (κ1) is 17.9. The molecule has 134 valence electrons. The van der Waals surface area contributed by atoms with Gasteiger partial charge < -0.3 is 9.88 Å². The number of aromatic nitrogens is 2. The second-order valence-corrected chi connectivity index (χ2v) is 8.30. The van der Waals surface area contributed by atoms with Crippen molar-refractivity contribution in [2.24, 2.45) is 7.05 Å². The van der Waals surface area contributed by atoms with Crippen molar-refractivity contribution in [1.82, 2.24) is 9.55 Å². The van der Waals surface area contributed by atoms with Gasteiger partial charge in [-0.25, -0.2) is 13.4 Å². The Bertz CT molecular complexity index is 1040. The lowest BCUT2D eigenvalue weighted by Crippen LogP contribution is -2.12. The fourth-order valence-electron chi connectivity index (χ4n) is 2.64. The fourth-order valence-corrected chi connectivity index (χ4v) is 3.44. The second kappa shape index (κ2) is 7.13. The quantitative estimate of drug-likeness (QED) is 0.750. The van der Waals surface area contributed by atoms with E-state index in [-0.39, 0.29) is 11.7 Å². The van der Waals surface area contributed by atoms with Gasteiger partial charge in [0.25, 0.3) is 5.91 Å². The predicted octanol–water partition coefficient (Wildman–Crippen LogP) is 2.88. The molecule has 0 atom stereocenters. The number of rotatable bonds is 5. The molecule has 1 amide bonds. The van der Waals surface area contributed by atoms with E-state index in [9.17, 15) is 13.2 Å². The molecule has 7 heteroatoms. The van der Waals surface area contributed by atoms with E-state index in [1.807, 2.05) is 42.1 Å². The average molecular weight is 369 g/mol. The van der Waals surface area contributed by atoms with Crippen LogP contribution < -0.4 is 5.32 Å². The van der Waals surface area contributed by atoms with Crippen molar-refractivity contribution in [3.05, 3.63) is 72.1 Å². The van der Waals surface area contributed by atoms with Crippen LogP contribution in [0.1, 0.15) is 15.9 Å². The lowest BCUT2D eigenvalue weighted by Gasteiger charge is -2.08. The van der Waals surface area contributed by atoms with Gasteiger partial charge in [0.1, 0.15) is 5.82 Å². The van der Waals surface area contributed by atoms with Crippen LogP contribution in [-0.4, -0.2) is 30.1 Å². The Morgan fingerprint density at radius 1 is 1.15 bits per heavy atom. The number of aryl methyl sites for hydroxylation is 1. The Balaban J connectivity index is 1.75. The van der Waals surface area contributed by atoms with Crippen LogP contribution in [0.5, 0.6) is 0 Å². The molecule has 2 aromatic carbocycles. The van der Waals surface area contributed by atoms with E-state index in [4.69, 9.17) is 0 Å². The van der Waals surface area contributed by atoms with Gasteiger partial charge in [0, 0.05) is 42.5 Å². The number of nitrogens with one attached hydrogen (secondary N) is 1. The molecule has 0 bridgehead atoms. The number of hydrogen-bond donors (Lipinski definition) is 1. The molecule has 1 aromatic heterocycles. The summed E-state index contributed by atoms with van der Waals surface area (Å²) in [4.78, 5) is 16.7. The summed E-state index contributed by atoms with van der Waals surface area (Å²) < 4.78 is 24.6. The van der Waals surface area contributed by atoms with Gasteiger partial charge in [0.2, 0.25) is 0 Å². The number of benzene rings is 2. The third-order valence-electron chi connectivity index (χ3n) is 3.84. The highest BCUT2D eigenvalue weighted by molar-refractivity contribution is 7.89. The van der Waals surface area contributed by atoms with Crippen molar-refractivity contribution in [2.75, 3.05) is 11.6 Å². The molecule has 0 fully saturated rings. The summed E-state index contributed by atoms with van der Waals surface area (Å²) in [6, 6.07) is 14.0. The van der Waals surface area contributed by atoms with Crippen molar-refractivity contribution in [3.63, 3.8) is 0 Å². The minimum absolute atomic E-state index is 0.0411. The standard InChI is InChI=1S/C19H19N3O3S/c1-22-11-10-20-18(22)16-4-3-5-17(12-16)21-19(23)15-8-6-14(7-9-15)13-26(2,24)25/h3-12H,13H2,1-2H3,(H,21,23). The number of carbonyl (C=O) groups is 1. The zero-order chi connectivity index (χ0) is 18.7. The van der Waals surface area contributed by atoms with Crippen LogP contribution in [0.4, 0.5) is 5.69 Å². The maximum absolute atomic E-state index is 12.4. The molecular formula is C19H19N3O3S. The number of hydrogen-bond acceptors (Lipinski definition) is 4. The lowest BCUT2D eigenvalue weighted by atomic mass is 10.1. The van der Waals surface area contributed by atoms with E-state index in [2.05, 4.69) is 10.3 Å². The van der Waals surface area contributed by atoms with Gasteiger partial charge in [-0.1, -0.05) is 24.3 Å². The first-order valence-corrected chi connectivity index (χ1v) is 10.0. The molecule has 0 saturated heterocycles. The van der Waals surface area contributed by atoms with Crippen LogP contribution >= 0.6 is 0 Å². The zero-order valence-electron chi connectivity index (χ0n) is 14.5. The highest BCUT2D eigenvalue weighted by Crippen LogP contribution is 2.21. The summed E-state index contributed by atoms with van der Waals surface area (Å²) in [6.45, 7) is 0. The molecule has 1 N–H and O–H groups in total. The summed E-state index contributed by atoms with van der Waals surface area (Å²) in [5.74, 6) is 0.514. The molecule has 3 rings (SSSR count). The van der Waals surface area contributed by atoms with Crippen molar-refractivity contribution >= 4 is 21.4 Å². The van der Waals surface area contributed by atoms with Crippen molar-refractivity contribution in [2.45, 2.75) is 5.75 Å². The number of imidazole rings is 1. The molecular weight excluding hydrogens is 350 g/mol. The average Bonchev–Trinajstić information content (AvgIpc) is 3.00. The first-order chi connectivity index (χ1) is 12.3. The molecule has 0 aliphatic carbocycles. The van der Waals surface area contributed by atoms with Crippen LogP contribution in [0.2, 0.25) is 0 Å². The maximum Gasteiger partial charge on any atom is 0.255 e. The summed E-state index contributed by atoms with van der Waals surface area (Å²) in [6.07, 6.45) is 4.76. The number of amides is 1. The maximum atomic E-state index is 12.4. The highest BCUT2D eigenvalue weighted by atomic mass is 32.2. The minimum atomic E-state index is -3.10. The zero-order valence-corrected chi connectivity index (χ0v) is 15.3. The Hall–Kier alpha value is -2.93. The molecule has 0 saturated carbocycles. The Morgan fingerprint density at radius 2 is 1.88 bits per heavy atom. The van der Waals surface area contributed by atoms with Gasteiger partial charge in [-0.15, -0.1) is 0 Å². The number of anilines is 1. The predicted molar refractivity (Wildman–Crippen MR) is 102 cm³/mol. The molecule has 3 aromatic rings. The molecule has 0 unspecified atom stereocenters. The van der Waals surface area contributed by atoms with Crippen LogP contribution in [0, 0.1) is 0 Å². The first-order valence-electron chi connectivity index (χ1n) is 7.97. The Morgan fingerprint density at radius 3 is 2.50 bits per heavy atom. The molecule has 1 heterocycles. The van der Waals surface area contributed by atoms with E-state index in [1.165, 1.54) is 6.26 Å². The summed E-state index contributed by atoms with van der Waals surface area (Å²) in [7, 11) is -1.19. The SMILES string of the molecule is Cn1ccnc1-c1cccc(NC(=O)c2ccc(CS(C)(=O)=O)cc2)c1. The number of nitrogens with zero attached hydrogens (tertiary/aromatic N) is 2. The second-order valence-electron chi connectivity index (χ2n) is 6.16. The van der Waals surface area contributed by atoms with E-state index in [1.54, 1.807) is 30.5 Å². The van der Waals surface area contributed by atoms with Crippen LogP contribution in [0.25, 0.3) is 11.4 Å². The summed E-state index contributed by atoms with van der Waals surface area (Å²) in [5.41, 5.74) is 2.68. The summed E-state index contributed by atoms with van der Waals surface area (Å²) in [5, 5.41) is 2.85. The third kappa shape index (κ3) is 4.37. The highest BCUT2D eigenvalue weighted by Gasteiger charge is 2.10. The molecule has 0 aliphatic rings. The molecule has 26 heavy (non-hydrogen) atoms. The molecule has 0 spiro atoms.